The molecule has 1 saturated heterocycles. The second-order valence-electron chi connectivity index (χ2n) is 4.93. The van der Waals surface area contributed by atoms with Crippen molar-refractivity contribution in [2.75, 3.05) is 6.16 Å². The van der Waals surface area contributed by atoms with E-state index in [0.29, 0.717) is 5.56 Å². The van der Waals surface area contributed by atoms with Gasteiger partial charge in [0.2, 0.25) is 0 Å². The Morgan fingerprint density at radius 2 is 2.24 bits per heavy atom. The van der Waals surface area contributed by atoms with Crippen LogP contribution in [0.4, 0.5) is 0 Å². The topological polar surface area (TPSA) is 145 Å². The van der Waals surface area contributed by atoms with Gasteiger partial charge in [0.1, 0.15) is 6.23 Å². The predicted octanol–water partition coefficient (Wildman–Crippen LogP) is -0.550. The minimum absolute atomic E-state index is 0.118. The quantitative estimate of drug-likeness (QED) is 0.634. The van der Waals surface area contributed by atoms with Crippen LogP contribution >= 0.6 is 7.60 Å². The highest BCUT2D eigenvalue weighted by atomic mass is 31.2. The van der Waals surface area contributed by atoms with Crippen LogP contribution < -0.4 is 11.2 Å². The van der Waals surface area contributed by atoms with Gasteiger partial charge in [0.15, 0.2) is 0 Å². The van der Waals surface area contributed by atoms with E-state index in [1.807, 2.05) is 6.07 Å². The number of nitrogens with one attached hydrogen (secondary N) is 1. The lowest BCUT2D eigenvalue weighted by Crippen LogP contribution is -2.33. The van der Waals surface area contributed by atoms with E-state index in [9.17, 15) is 14.2 Å². The normalized spacial score (nSPS) is 25.7. The third-order valence-corrected chi connectivity index (χ3v) is 4.11. The first kappa shape index (κ1) is 15.7. The number of aryl methyl sites for hydroxylation is 1. The van der Waals surface area contributed by atoms with Gasteiger partial charge in [-0.05, 0) is 6.92 Å². The van der Waals surface area contributed by atoms with Gasteiger partial charge >= 0.3 is 13.3 Å². The molecule has 0 bridgehead atoms. The number of aromatic amines is 1. The highest BCUT2D eigenvalue weighted by Crippen LogP contribution is 2.42. The maximum Gasteiger partial charge on any atom is 0.330 e. The molecule has 21 heavy (non-hydrogen) atoms. The Kier molecular flexibility index (Phi) is 4.16. The number of hydrogen-bond donors (Lipinski definition) is 3. The molecule has 0 spiro atoms. The van der Waals surface area contributed by atoms with Crippen molar-refractivity contribution >= 4 is 7.60 Å². The van der Waals surface area contributed by atoms with E-state index in [2.05, 4.69) is 4.98 Å². The molecule has 3 atom stereocenters. The van der Waals surface area contributed by atoms with Crippen molar-refractivity contribution in [1.82, 2.24) is 9.55 Å². The Bertz CT molecular complexity index is 742. The SMILES string of the molecule is Cc1cn([C@H]2CC(C#N)[C@@H](CP(=O)(O)O)O2)c(=O)[nH]c1=O. The zero-order chi connectivity index (χ0) is 15.8. The Labute approximate surface area is 119 Å². The molecule has 1 aliphatic rings. The Hall–Kier alpha value is -1.72. The molecule has 114 valence electrons. The molecule has 1 unspecified atom stereocenters. The molecule has 3 N–H and O–H groups in total. The minimum atomic E-state index is -4.33. The van der Waals surface area contributed by atoms with Crippen molar-refractivity contribution in [3.63, 3.8) is 0 Å². The minimum Gasteiger partial charge on any atom is -0.353 e. The maximum atomic E-state index is 11.8. The van der Waals surface area contributed by atoms with Gasteiger partial charge in [-0.3, -0.25) is 18.9 Å². The lowest BCUT2D eigenvalue weighted by molar-refractivity contribution is 0.00441. The Morgan fingerprint density at radius 3 is 2.81 bits per heavy atom. The van der Waals surface area contributed by atoms with Gasteiger partial charge in [-0.25, -0.2) is 4.79 Å². The molecule has 9 nitrogen and oxygen atoms in total. The summed E-state index contributed by atoms with van der Waals surface area (Å²) in [7, 11) is -4.33. The Balaban J connectivity index is 2.30. The molecule has 0 saturated carbocycles. The summed E-state index contributed by atoms with van der Waals surface area (Å²) >= 11 is 0. The summed E-state index contributed by atoms with van der Waals surface area (Å²) in [6.45, 7) is 1.51. The molecule has 0 radical (unpaired) electrons. The van der Waals surface area contributed by atoms with E-state index in [1.54, 1.807) is 0 Å². The van der Waals surface area contributed by atoms with Crippen molar-refractivity contribution in [3.05, 3.63) is 32.6 Å². The van der Waals surface area contributed by atoms with Crippen LogP contribution in [0.15, 0.2) is 15.8 Å². The first-order valence-corrected chi connectivity index (χ1v) is 7.93. The second kappa shape index (κ2) is 5.58. The molecule has 10 heteroatoms. The maximum absolute atomic E-state index is 11.8. The molecule has 0 aliphatic carbocycles. The number of nitrogens with zero attached hydrogens (tertiary/aromatic N) is 2. The zero-order valence-electron chi connectivity index (χ0n) is 11.1. The highest BCUT2D eigenvalue weighted by molar-refractivity contribution is 7.51. The predicted molar refractivity (Wildman–Crippen MR) is 70.6 cm³/mol. The fourth-order valence-electron chi connectivity index (χ4n) is 2.24. The van der Waals surface area contributed by atoms with Crippen LogP contribution in [-0.2, 0) is 9.30 Å². The molecule has 1 aromatic rings. The third-order valence-electron chi connectivity index (χ3n) is 3.28. The lowest BCUT2D eigenvalue weighted by Gasteiger charge is -2.16. The number of rotatable bonds is 3. The van der Waals surface area contributed by atoms with Gasteiger partial charge in [0.25, 0.3) is 5.56 Å². The van der Waals surface area contributed by atoms with E-state index in [0.717, 1.165) is 4.57 Å². The monoisotopic (exact) mass is 315 g/mol. The van der Waals surface area contributed by atoms with E-state index in [1.165, 1.54) is 13.1 Å². The average molecular weight is 315 g/mol. The summed E-state index contributed by atoms with van der Waals surface area (Å²) in [5.74, 6) is -0.734. The molecule has 1 fully saturated rings. The third kappa shape index (κ3) is 3.49. The average Bonchev–Trinajstić information content (AvgIpc) is 2.74. The molecule has 0 amide bonds. The van der Waals surface area contributed by atoms with Crippen molar-refractivity contribution < 1.29 is 19.1 Å². The van der Waals surface area contributed by atoms with E-state index in [-0.39, 0.29) is 6.42 Å². The fourth-order valence-corrected chi connectivity index (χ4v) is 3.05. The van der Waals surface area contributed by atoms with Crippen LogP contribution in [-0.4, -0.2) is 31.6 Å². The first-order chi connectivity index (χ1) is 9.71. The summed E-state index contributed by atoms with van der Waals surface area (Å²) in [5, 5.41) is 9.04. The number of aromatic nitrogens is 2. The van der Waals surface area contributed by atoms with E-state index >= 15 is 0 Å². The smallest absolute Gasteiger partial charge is 0.330 e. The van der Waals surface area contributed by atoms with Crippen LogP contribution in [0.2, 0.25) is 0 Å². The molecule has 1 aromatic heterocycles. The van der Waals surface area contributed by atoms with Gasteiger partial charge < -0.3 is 14.5 Å². The Morgan fingerprint density at radius 1 is 1.57 bits per heavy atom. The summed E-state index contributed by atoms with van der Waals surface area (Å²) < 4.78 is 17.6. The lowest BCUT2D eigenvalue weighted by atomic mass is 10.0. The first-order valence-electron chi connectivity index (χ1n) is 6.13. The van der Waals surface area contributed by atoms with Gasteiger partial charge in [-0.2, -0.15) is 5.26 Å². The molecule has 0 aromatic carbocycles. The number of hydrogen-bond acceptors (Lipinski definition) is 5. The highest BCUT2D eigenvalue weighted by Gasteiger charge is 2.40. The van der Waals surface area contributed by atoms with Crippen LogP contribution in [0.5, 0.6) is 0 Å². The summed E-state index contributed by atoms with van der Waals surface area (Å²) in [4.78, 5) is 43.2. The largest absolute Gasteiger partial charge is 0.353 e. The van der Waals surface area contributed by atoms with Gasteiger partial charge in [0, 0.05) is 18.2 Å². The van der Waals surface area contributed by atoms with E-state index < -0.39 is 43.3 Å². The summed E-state index contributed by atoms with van der Waals surface area (Å²) in [6, 6.07) is 1.93. The summed E-state index contributed by atoms with van der Waals surface area (Å²) in [5.41, 5.74) is -0.910. The van der Waals surface area contributed by atoms with Crippen LogP contribution in [0.1, 0.15) is 18.2 Å². The molecule has 2 rings (SSSR count). The van der Waals surface area contributed by atoms with Crippen molar-refractivity contribution in [2.24, 2.45) is 5.92 Å². The summed E-state index contributed by atoms with van der Waals surface area (Å²) in [6.07, 6.45) is -0.958. The van der Waals surface area contributed by atoms with Gasteiger partial charge in [0.05, 0.1) is 24.3 Å². The molecule has 1 aliphatic heterocycles. The number of nitriles is 1. The number of H-pyrrole nitrogens is 1. The van der Waals surface area contributed by atoms with Gasteiger partial charge in [-0.1, -0.05) is 0 Å². The van der Waals surface area contributed by atoms with Crippen LogP contribution in [0, 0.1) is 24.2 Å². The zero-order valence-corrected chi connectivity index (χ0v) is 12.0. The van der Waals surface area contributed by atoms with Crippen LogP contribution in [0.3, 0.4) is 0 Å². The molecule has 2 heterocycles. The van der Waals surface area contributed by atoms with Gasteiger partial charge in [-0.15, -0.1) is 0 Å². The fraction of sp³-hybridized carbons (Fsp3) is 0.545. The van der Waals surface area contributed by atoms with E-state index in [4.69, 9.17) is 19.8 Å². The standard InChI is InChI=1S/C11H14N3O6P/c1-6-4-14(11(16)13-10(6)15)9-2-7(3-12)8(20-9)5-21(17,18)19/h4,7-9H,2,5H2,1H3,(H,13,15,16)(H2,17,18,19)/t7?,8-,9-/m1/s1. The molecular weight excluding hydrogens is 301 g/mol. The van der Waals surface area contributed by atoms with Crippen LogP contribution in [0.25, 0.3) is 0 Å². The second-order valence-corrected chi connectivity index (χ2v) is 6.62. The number of ether oxygens (including phenoxy) is 1. The van der Waals surface area contributed by atoms with Crippen molar-refractivity contribution in [1.29, 1.82) is 5.26 Å². The van der Waals surface area contributed by atoms with Crippen molar-refractivity contribution in [3.8, 4) is 6.07 Å². The molecular formula is C11H14N3O6P. The van der Waals surface area contributed by atoms with Crippen molar-refractivity contribution in [2.45, 2.75) is 25.7 Å².